The molecule has 1 aliphatic heterocycles. The number of fused-ring (bicyclic) bond motifs is 2. The number of benzene rings is 3. The Kier molecular flexibility index (Phi) is 7.13. The summed E-state index contributed by atoms with van der Waals surface area (Å²) in [6.07, 6.45) is 1.74. The van der Waals surface area contributed by atoms with Crippen LogP contribution >= 0.6 is 0 Å². The number of hydrogen-bond acceptors (Lipinski definition) is 5. The lowest BCUT2D eigenvalue weighted by molar-refractivity contribution is 0.0499. The molecule has 4 aromatic rings. The molecular weight excluding hydrogens is 490 g/mol. The van der Waals surface area contributed by atoms with Crippen molar-refractivity contribution in [1.29, 1.82) is 0 Å². The molecule has 0 spiro atoms. The first-order chi connectivity index (χ1) is 18.7. The first-order valence-electron chi connectivity index (χ1n) is 13.5. The molecule has 39 heavy (non-hydrogen) atoms. The van der Waals surface area contributed by atoms with Crippen LogP contribution in [0.25, 0.3) is 11.0 Å². The van der Waals surface area contributed by atoms with E-state index in [-0.39, 0.29) is 11.2 Å². The number of carbonyl (C=O) groups excluding carboxylic acids is 2. The fourth-order valence-electron chi connectivity index (χ4n) is 5.02. The Morgan fingerprint density at radius 2 is 1.64 bits per heavy atom. The molecular formula is C33H33NO5. The van der Waals surface area contributed by atoms with Crippen molar-refractivity contribution in [3.8, 4) is 0 Å². The topological polar surface area (TPSA) is 76.8 Å². The van der Waals surface area contributed by atoms with E-state index in [0.717, 1.165) is 35.1 Å². The molecule has 0 bridgehead atoms. The van der Waals surface area contributed by atoms with Crippen molar-refractivity contribution in [1.82, 2.24) is 0 Å². The molecule has 0 N–H and O–H groups in total. The summed E-state index contributed by atoms with van der Waals surface area (Å²) in [5.41, 5.74) is 5.42. The Hall–Kier alpha value is -4.19. The summed E-state index contributed by atoms with van der Waals surface area (Å²) >= 11 is 0. The van der Waals surface area contributed by atoms with Crippen LogP contribution < -0.4 is 10.3 Å². The fraction of sp³-hybridized carbons (Fsp3) is 0.303. The first kappa shape index (κ1) is 26.4. The van der Waals surface area contributed by atoms with E-state index in [1.807, 2.05) is 57.2 Å². The number of hydrogen-bond donors (Lipinski definition) is 0. The van der Waals surface area contributed by atoms with Gasteiger partial charge >= 0.3 is 5.97 Å². The van der Waals surface area contributed by atoms with Gasteiger partial charge in [0.1, 0.15) is 5.58 Å². The second-order valence-electron chi connectivity index (χ2n) is 10.5. The van der Waals surface area contributed by atoms with Gasteiger partial charge in [-0.3, -0.25) is 14.5 Å². The Morgan fingerprint density at radius 1 is 0.974 bits per heavy atom. The van der Waals surface area contributed by atoms with Gasteiger partial charge in [0.05, 0.1) is 29.2 Å². The molecule has 0 aliphatic carbocycles. The highest BCUT2D eigenvalue weighted by Crippen LogP contribution is 2.41. The second-order valence-corrected chi connectivity index (χ2v) is 10.5. The van der Waals surface area contributed by atoms with Gasteiger partial charge in [-0.25, -0.2) is 4.79 Å². The number of nitrogens with zero attached hydrogens (tertiary/aromatic N) is 1. The molecule has 0 fully saturated rings. The third-order valence-electron chi connectivity index (χ3n) is 7.52. The molecule has 5 rings (SSSR count). The van der Waals surface area contributed by atoms with Gasteiger partial charge in [-0.2, -0.15) is 0 Å². The minimum Gasteiger partial charge on any atom is -0.462 e. The minimum atomic E-state index is -0.668. The monoisotopic (exact) mass is 523 g/mol. The van der Waals surface area contributed by atoms with E-state index in [1.165, 1.54) is 0 Å². The highest BCUT2D eigenvalue weighted by atomic mass is 16.5. The maximum Gasteiger partial charge on any atom is 0.338 e. The van der Waals surface area contributed by atoms with Gasteiger partial charge in [0, 0.05) is 5.69 Å². The maximum atomic E-state index is 13.9. The summed E-state index contributed by atoms with van der Waals surface area (Å²) in [5, 5.41) is 0.459. The van der Waals surface area contributed by atoms with Gasteiger partial charge in [0.2, 0.25) is 5.76 Å². The zero-order valence-corrected chi connectivity index (χ0v) is 23.0. The van der Waals surface area contributed by atoms with Crippen molar-refractivity contribution in [3.63, 3.8) is 0 Å². The van der Waals surface area contributed by atoms with E-state index in [2.05, 4.69) is 13.8 Å². The summed E-state index contributed by atoms with van der Waals surface area (Å²) in [4.78, 5) is 41.9. The molecule has 1 aromatic heterocycles. The lowest BCUT2D eigenvalue weighted by Gasteiger charge is -2.25. The van der Waals surface area contributed by atoms with E-state index in [4.69, 9.17) is 9.15 Å². The number of ether oxygens (including phenoxy) is 1. The Balaban J connectivity index is 1.63. The number of amides is 1. The van der Waals surface area contributed by atoms with Crippen LogP contribution in [0.2, 0.25) is 0 Å². The van der Waals surface area contributed by atoms with Crippen LogP contribution in [0.1, 0.15) is 94.3 Å². The van der Waals surface area contributed by atoms with Crippen LogP contribution in [-0.4, -0.2) is 18.5 Å². The summed E-state index contributed by atoms with van der Waals surface area (Å²) < 4.78 is 11.5. The smallest absolute Gasteiger partial charge is 0.338 e. The van der Waals surface area contributed by atoms with Crippen LogP contribution in [0.4, 0.5) is 5.69 Å². The van der Waals surface area contributed by atoms with Gasteiger partial charge in [-0.15, -0.1) is 0 Å². The molecule has 6 heteroatoms. The summed E-state index contributed by atoms with van der Waals surface area (Å²) in [7, 11) is 0. The molecule has 3 aromatic carbocycles. The Labute approximate surface area is 228 Å². The molecule has 200 valence electrons. The van der Waals surface area contributed by atoms with E-state index in [1.54, 1.807) is 29.2 Å². The summed E-state index contributed by atoms with van der Waals surface area (Å²) in [6, 6.07) is 17.7. The van der Waals surface area contributed by atoms with E-state index < -0.39 is 17.9 Å². The third kappa shape index (κ3) is 4.76. The first-order valence-corrected chi connectivity index (χ1v) is 13.5. The van der Waals surface area contributed by atoms with Gasteiger partial charge in [-0.05, 0) is 84.8 Å². The number of aryl methyl sites for hydroxylation is 2. The standard InChI is InChI=1S/C33H33NO5/c1-6-7-16-38-33(37)24-12-14-25(15-13-24)34-29(23-10-8-22(9-11-23)19(2)3)28-30(35)26-17-20(4)21(5)18-27(26)39-31(28)32(34)36/h8-15,17-19,29H,6-7,16H2,1-5H3. The number of carbonyl (C=O) groups is 2. The van der Waals surface area contributed by atoms with Crippen molar-refractivity contribution in [2.75, 3.05) is 11.5 Å². The van der Waals surface area contributed by atoms with Crippen LogP contribution in [0, 0.1) is 13.8 Å². The Bertz CT molecular complexity index is 1610. The minimum absolute atomic E-state index is 0.0525. The largest absolute Gasteiger partial charge is 0.462 e. The van der Waals surface area contributed by atoms with Crippen LogP contribution in [-0.2, 0) is 4.74 Å². The lowest BCUT2D eigenvalue weighted by Crippen LogP contribution is -2.29. The average Bonchev–Trinajstić information content (AvgIpc) is 3.22. The zero-order chi connectivity index (χ0) is 27.8. The molecule has 1 aliphatic rings. The summed E-state index contributed by atoms with van der Waals surface area (Å²) in [6.45, 7) is 10.5. The third-order valence-corrected chi connectivity index (χ3v) is 7.52. The molecule has 6 nitrogen and oxygen atoms in total. The molecule has 1 unspecified atom stereocenters. The van der Waals surface area contributed by atoms with Gasteiger partial charge in [0.25, 0.3) is 5.91 Å². The van der Waals surface area contributed by atoms with Crippen molar-refractivity contribution in [2.45, 2.75) is 59.4 Å². The van der Waals surface area contributed by atoms with Crippen molar-refractivity contribution in [2.24, 2.45) is 0 Å². The molecule has 1 atom stereocenters. The molecule has 0 saturated carbocycles. The van der Waals surface area contributed by atoms with Crippen molar-refractivity contribution < 1.29 is 18.7 Å². The lowest BCUT2D eigenvalue weighted by atomic mass is 9.94. The fourth-order valence-corrected chi connectivity index (χ4v) is 5.02. The average molecular weight is 524 g/mol. The zero-order valence-electron chi connectivity index (χ0n) is 23.0. The Morgan fingerprint density at radius 3 is 2.28 bits per heavy atom. The molecule has 2 heterocycles. The van der Waals surface area contributed by atoms with Crippen LogP contribution in [0.5, 0.6) is 0 Å². The molecule has 1 amide bonds. The van der Waals surface area contributed by atoms with E-state index >= 15 is 0 Å². The highest BCUT2D eigenvalue weighted by Gasteiger charge is 2.43. The van der Waals surface area contributed by atoms with Crippen molar-refractivity contribution >= 4 is 28.5 Å². The SMILES string of the molecule is CCCCOC(=O)c1ccc(N2C(=O)c3oc4cc(C)c(C)cc4c(=O)c3C2c2ccc(C(C)C)cc2)cc1. The van der Waals surface area contributed by atoms with Crippen LogP contribution in [0.3, 0.4) is 0 Å². The highest BCUT2D eigenvalue weighted by molar-refractivity contribution is 6.10. The predicted octanol–water partition coefficient (Wildman–Crippen LogP) is 7.24. The maximum absolute atomic E-state index is 13.9. The number of unbranched alkanes of at least 4 members (excludes halogenated alkanes) is 1. The van der Waals surface area contributed by atoms with E-state index in [9.17, 15) is 14.4 Å². The van der Waals surface area contributed by atoms with Crippen molar-refractivity contribution in [3.05, 3.63) is 110 Å². The summed E-state index contributed by atoms with van der Waals surface area (Å²) in [5.74, 6) is -0.395. The van der Waals surface area contributed by atoms with Gasteiger partial charge in [-0.1, -0.05) is 51.5 Å². The normalized spacial score (nSPS) is 14.8. The van der Waals surface area contributed by atoms with Crippen LogP contribution in [0.15, 0.2) is 69.9 Å². The number of rotatable bonds is 7. The van der Waals surface area contributed by atoms with Gasteiger partial charge in [0.15, 0.2) is 5.43 Å². The van der Waals surface area contributed by atoms with E-state index in [0.29, 0.717) is 40.3 Å². The molecule has 0 radical (unpaired) electrons. The quantitative estimate of drug-likeness (QED) is 0.188. The number of anilines is 1. The molecule has 0 saturated heterocycles. The predicted molar refractivity (Wildman–Crippen MR) is 153 cm³/mol. The van der Waals surface area contributed by atoms with Gasteiger partial charge < -0.3 is 9.15 Å². The number of esters is 1. The second kappa shape index (κ2) is 10.5.